The minimum atomic E-state index is -0.429. The second-order valence-electron chi connectivity index (χ2n) is 5.71. The van der Waals surface area contributed by atoms with Crippen LogP contribution in [0.1, 0.15) is 18.4 Å². The number of anilines is 1. The first-order chi connectivity index (χ1) is 10.2. The smallest absolute Gasteiger partial charge is 0.244 e. The van der Waals surface area contributed by atoms with Gasteiger partial charge >= 0.3 is 0 Å². The lowest BCUT2D eigenvalue weighted by atomic mass is 9.91. The number of fused-ring (bicyclic) bond motifs is 1. The summed E-state index contributed by atoms with van der Waals surface area (Å²) in [5, 5.41) is 0. The molecule has 1 unspecified atom stereocenters. The first-order valence-electron chi connectivity index (χ1n) is 7.52. The first-order valence-corrected chi connectivity index (χ1v) is 7.52. The van der Waals surface area contributed by atoms with E-state index in [9.17, 15) is 4.79 Å². The Kier molecular flexibility index (Phi) is 5.67. The molecule has 6 heteroatoms. The van der Waals surface area contributed by atoms with Crippen molar-refractivity contribution in [3.8, 4) is 5.75 Å². The van der Waals surface area contributed by atoms with Gasteiger partial charge in [0.1, 0.15) is 5.75 Å². The van der Waals surface area contributed by atoms with Crippen molar-refractivity contribution in [2.24, 2.45) is 11.7 Å². The lowest BCUT2D eigenvalue weighted by molar-refractivity contribution is -0.121. The van der Waals surface area contributed by atoms with Crippen LogP contribution in [0.3, 0.4) is 0 Å². The summed E-state index contributed by atoms with van der Waals surface area (Å²) in [7, 11) is 1.65. The van der Waals surface area contributed by atoms with Crippen molar-refractivity contribution in [3.63, 3.8) is 0 Å². The summed E-state index contributed by atoms with van der Waals surface area (Å²) >= 11 is 0. The van der Waals surface area contributed by atoms with E-state index in [0.29, 0.717) is 19.8 Å². The third-order valence-corrected chi connectivity index (χ3v) is 4.51. The van der Waals surface area contributed by atoms with Gasteiger partial charge in [-0.25, -0.2) is 0 Å². The highest BCUT2D eigenvalue weighted by atomic mass is 35.5. The molecule has 5 nitrogen and oxygen atoms in total. The molecule has 1 amide bonds. The van der Waals surface area contributed by atoms with E-state index >= 15 is 0 Å². The molecule has 0 aliphatic carbocycles. The highest BCUT2D eigenvalue weighted by Gasteiger charge is 2.33. The number of hydrogen-bond donors (Lipinski definition) is 1. The van der Waals surface area contributed by atoms with E-state index in [1.807, 2.05) is 23.1 Å². The minimum absolute atomic E-state index is 0. The number of amides is 1. The maximum Gasteiger partial charge on any atom is 0.244 e. The Morgan fingerprint density at radius 2 is 2.14 bits per heavy atom. The molecular weight excluding hydrogens is 304 g/mol. The van der Waals surface area contributed by atoms with Gasteiger partial charge in [-0.05, 0) is 48.9 Å². The molecule has 2 aliphatic heterocycles. The van der Waals surface area contributed by atoms with E-state index in [1.165, 1.54) is 0 Å². The van der Waals surface area contributed by atoms with Crippen molar-refractivity contribution >= 4 is 24.0 Å². The number of benzene rings is 1. The second-order valence-corrected chi connectivity index (χ2v) is 5.71. The van der Waals surface area contributed by atoms with Gasteiger partial charge in [0.2, 0.25) is 5.91 Å². The molecule has 22 heavy (non-hydrogen) atoms. The zero-order valence-electron chi connectivity index (χ0n) is 12.8. The lowest BCUT2D eigenvalue weighted by Gasteiger charge is -2.30. The van der Waals surface area contributed by atoms with Gasteiger partial charge in [-0.3, -0.25) is 4.79 Å². The van der Waals surface area contributed by atoms with Crippen LogP contribution in [0.2, 0.25) is 0 Å². The standard InChI is InChI=1S/C16H22N2O3.ClH/c1-20-13-2-3-14-12(10-13)4-7-18(14)16(19)15(17)11-5-8-21-9-6-11;/h2-3,10-11,15H,4-9,17H2,1H3;1H. The van der Waals surface area contributed by atoms with E-state index in [1.54, 1.807) is 7.11 Å². The van der Waals surface area contributed by atoms with Crippen LogP contribution in [0.5, 0.6) is 5.75 Å². The van der Waals surface area contributed by atoms with Crippen molar-refractivity contribution in [1.82, 2.24) is 0 Å². The number of halogens is 1. The van der Waals surface area contributed by atoms with Crippen molar-refractivity contribution in [2.75, 3.05) is 31.8 Å². The predicted octanol–water partition coefficient (Wildman–Crippen LogP) is 1.76. The molecule has 1 atom stereocenters. The Hall–Kier alpha value is -1.30. The molecule has 0 saturated carbocycles. The van der Waals surface area contributed by atoms with Crippen LogP contribution in [0.4, 0.5) is 5.69 Å². The summed E-state index contributed by atoms with van der Waals surface area (Å²) in [6, 6.07) is 5.42. The molecule has 0 aromatic heterocycles. The number of carbonyl (C=O) groups is 1. The SMILES string of the molecule is COc1ccc2c(c1)CCN2C(=O)C(N)C1CCOCC1.Cl. The zero-order chi connectivity index (χ0) is 14.8. The van der Waals surface area contributed by atoms with Gasteiger partial charge < -0.3 is 20.1 Å². The van der Waals surface area contributed by atoms with Gasteiger partial charge in [-0.15, -0.1) is 12.4 Å². The quantitative estimate of drug-likeness (QED) is 0.919. The molecule has 0 spiro atoms. The summed E-state index contributed by atoms with van der Waals surface area (Å²) in [6.07, 6.45) is 2.60. The fourth-order valence-corrected chi connectivity index (χ4v) is 3.19. The Labute approximate surface area is 137 Å². The maximum absolute atomic E-state index is 12.7. The van der Waals surface area contributed by atoms with E-state index in [4.69, 9.17) is 15.2 Å². The van der Waals surface area contributed by atoms with Crippen LogP contribution in [-0.4, -0.2) is 38.8 Å². The fraction of sp³-hybridized carbons (Fsp3) is 0.562. The van der Waals surface area contributed by atoms with E-state index in [2.05, 4.69) is 0 Å². The third kappa shape index (κ3) is 3.21. The highest BCUT2D eigenvalue weighted by molar-refractivity contribution is 5.99. The van der Waals surface area contributed by atoms with Crippen LogP contribution in [0, 0.1) is 5.92 Å². The molecule has 122 valence electrons. The number of hydrogen-bond acceptors (Lipinski definition) is 4. The van der Waals surface area contributed by atoms with Gasteiger partial charge in [-0.2, -0.15) is 0 Å². The fourth-order valence-electron chi connectivity index (χ4n) is 3.19. The summed E-state index contributed by atoms with van der Waals surface area (Å²) in [4.78, 5) is 14.5. The normalized spacial score (nSPS) is 19.3. The molecule has 0 radical (unpaired) electrons. The van der Waals surface area contributed by atoms with Crippen molar-refractivity contribution in [1.29, 1.82) is 0 Å². The molecule has 2 heterocycles. The van der Waals surface area contributed by atoms with E-state index in [0.717, 1.165) is 36.3 Å². The van der Waals surface area contributed by atoms with Crippen molar-refractivity contribution in [3.05, 3.63) is 23.8 Å². The molecule has 3 rings (SSSR count). The molecule has 2 N–H and O–H groups in total. The Bertz CT molecular complexity index is 532. The summed E-state index contributed by atoms with van der Waals surface area (Å²) in [6.45, 7) is 2.12. The largest absolute Gasteiger partial charge is 0.497 e. The summed E-state index contributed by atoms with van der Waals surface area (Å²) in [5.41, 5.74) is 8.34. The number of ether oxygens (including phenoxy) is 2. The average molecular weight is 327 g/mol. The molecule has 1 aromatic carbocycles. The Balaban J connectivity index is 0.00000176. The van der Waals surface area contributed by atoms with Crippen LogP contribution in [0.25, 0.3) is 0 Å². The van der Waals surface area contributed by atoms with Gasteiger partial charge in [-0.1, -0.05) is 0 Å². The van der Waals surface area contributed by atoms with Crippen LogP contribution in [-0.2, 0) is 16.0 Å². The second kappa shape index (κ2) is 7.31. The highest BCUT2D eigenvalue weighted by Crippen LogP contribution is 2.32. The Morgan fingerprint density at radius 3 is 2.82 bits per heavy atom. The van der Waals surface area contributed by atoms with Crippen LogP contribution in [0.15, 0.2) is 18.2 Å². The number of carbonyl (C=O) groups excluding carboxylic acids is 1. The summed E-state index contributed by atoms with van der Waals surface area (Å²) < 4.78 is 10.6. The maximum atomic E-state index is 12.7. The molecule has 2 aliphatic rings. The molecule has 1 aromatic rings. The minimum Gasteiger partial charge on any atom is -0.497 e. The van der Waals surface area contributed by atoms with Crippen LogP contribution >= 0.6 is 12.4 Å². The Morgan fingerprint density at radius 1 is 1.41 bits per heavy atom. The number of nitrogens with two attached hydrogens (primary N) is 1. The summed E-state index contributed by atoms with van der Waals surface area (Å²) in [5.74, 6) is 1.09. The van der Waals surface area contributed by atoms with Crippen LogP contribution < -0.4 is 15.4 Å². The lowest BCUT2D eigenvalue weighted by Crippen LogP contribution is -2.48. The molecule has 0 bridgehead atoms. The van der Waals surface area contributed by atoms with Gasteiger partial charge in [0.15, 0.2) is 0 Å². The monoisotopic (exact) mass is 326 g/mol. The molecular formula is C16H23ClN2O3. The van der Waals surface area contributed by atoms with E-state index < -0.39 is 6.04 Å². The number of methoxy groups -OCH3 is 1. The predicted molar refractivity (Wildman–Crippen MR) is 87.8 cm³/mol. The van der Waals surface area contributed by atoms with Gasteiger partial charge in [0.25, 0.3) is 0 Å². The average Bonchev–Trinajstić information content (AvgIpc) is 2.97. The van der Waals surface area contributed by atoms with Gasteiger partial charge in [0.05, 0.1) is 13.2 Å². The molecule has 1 fully saturated rings. The zero-order valence-corrected chi connectivity index (χ0v) is 13.6. The number of nitrogens with zero attached hydrogens (tertiary/aromatic N) is 1. The topological polar surface area (TPSA) is 64.8 Å². The van der Waals surface area contributed by atoms with Gasteiger partial charge in [0, 0.05) is 25.4 Å². The number of rotatable bonds is 3. The van der Waals surface area contributed by atoms with Crippen molar-refractivity contribution in [2.45, 2.75) is 25.3 Å². The third-order valence-electron chi connectivity index (χ3n) is 4.51. The van der Waals surface area contributed by atoms with E-state index in [-0.39, 0.29) is 24.2 Å². The molecule has 1 saturated heterocycles. The first kappa shape index (κ1) is 17.1. The van der Waals surface area contributed by atoms with Crippen molar-refractivity contribution < 1.29 is 14.3 Å².